The summed E-state index contributed by atoms with van der Waals surface area (Å²) in [6.07, 6.45) is 2.21. The van der Waals surface area contributed by atoms with Gasteiger partial charge in [-0.05, 0) is 32.2 Å². The van der Waals surface area contributed by atoms with Crippen LogP contribution in [0.15, 0.2) is 0 Å². The molecule has 1 aromatic heterocycles. The molecule has 2 heterocycles. The Morgan fingerprint density at radius 3 is 2.81 bits per heavy atom. The van der Waals surface area contributed by atoms with Crippen molar-refractivity contribution in [1.29, 1.82) is 0 Å². The molecule has 1 aliphatic heterocycles. The largest absolute Gasteiger partial charge is 0.356 e. The Hall–Kier alpha value is -1.03. The Kier molecular flexibility index (Phi) is 3.19. The van der Waals surface area contributed by atoms with Crippen molar-refractivity contribution in [3.8, 4) is 0 Å². The van der Waals surface area contributed by atoms with E-state index >= 15 is 0 Å². The lowest BCUT2D eigenvalue weighted by Crippen LogP contribution is -2.23. The zero-order valence-electron chi connectivity index (χ0n) is 10.5. The number of aromatic nitrogens is 2. The fraction of sp³-hybridized carbons (Fsp3) is 0.750. The summed E-state index contributed by atoms with van der Waals surface area (Å²) in [5.41, 5.74) is 8.14. The zero-order valence-corrected chi connectivity index (χ0v) is 10.5. The molecule has 1 atom stereocenters. The second-order valence-electron chi connectivity index (χ2n) is 4.89. The summed E-state index contributed by atoms with van der Waals surface area (Å²) >= 11 is 0. The molecular formula is C12H22N4. The van der Waals surface area contributed by atoms with Crippen LogP contribution in [0.2, 0.25) is 0 Å². The van der Waals surface area contributed by atoms with Crippen LogP contribution in [0.5, 0.6) is 0 Å². The molecule has 90 valence electrons. The maximum absolute atomic E-state index is 5.68. The molecule has 1 saturated heterocycles. The second-order valence-corrected chi connectivity index (χ2v) is 4.89. The average molecular weight is 222 g/mol. The fourth-order valence-electron chi connectivity index (χ4n) is 2.65. The van der Waals surface area contributed by atoms with Crippen LogP contribution in [-0.2, 0) is 13.5 Å². The SMILES string of the molecule is Cc1nn(C)c(N2CCC(C)C2)c1CCN. The lowest BCUT2D eigenvalue weighted by atomic mass is 10.1. The van der Waals surface area contributed by atoms with E-state index < -0.39 is 0 Å². The van der Waals surface area contributed by atoms with Gasteiger partial charge in [0.25, 0.3) is 0 Å². The van der Waals surface area contributed by atoms with Gasteiger partial charge < -0.3 is 10.6 Å². The molecule has 0 saturated carbocycles. The number of nitrogens with zero attached hydrogens (tertiary/aromatic N) is 3. The highest BCUT2D eigenvalue weighted by atomic mass is 15.4. The average Bonchev–Trinajstić information content (AvgIpc) is 2.73. The summed E-state index contributed by atoms with van der Waals surface area (Å²) in [4.78, 5) is 2.45. The number of aryl methyl sites for hydroxylation is 2. The highest BCUT2D eigenvalue weighted by molar-refractivity contribution is 5.51. The van der Waals surface area contributed by atoms with Gasteiger partial charge in [0.15, 0.2) is 0 Å². The van der Waals surface area contributed by atoms with Crippen LogP contribution in [0.3, 0.4) is 0 Å². The first-order valence-corrected chi connectivity index (χ1v) is 6.11. The van der Waals surface area contributed by atoms with Crippen molar-refractivity contribution >= 4 is 5.82 Å². The molecule has 1 aromatic rings. The number of hydrogen-bond donors (Lipinski definition) is 1. The van der Waals surface area contributed by atoms with Crippen molar-refractivity contribution in [2.75, 3.05) is 24.5 Å². The molecule has 1 fully saturated rings. The van der Waals surface area contributed by atoms with Crippen molar-refractivity contribution in [1.82, 2.24) is 9.78 Å². The van der Waals surface area contributed by atoms with E-state index in [0.717, 1.165) is 31.1 Å². The predicted molar refractivity (Wildman–Crippen MR) is 66.7 cm³/mol. The van der Waals surface area contributed by atoms with Gasteiger partial charge in [0.05, 0.1) is 5.69 Å². The van der Waals surface area contributed by atoms with Crippen molar-refractivity contribution in [2.24, 2.45) is 18.7 Å². The molecule has 0 aromatic carbocycles. The highest BCUT2D eigenvalue weighted by Gasteiger charge is 2.24. The van der Waals surface area contributed by atoms with E-state index in [4.69, 9.17) is 5.73 Å². The smallest absolute Gasteiger partial charge is 0.130 e. The van der Waals surface area contributed by atoms with Crippen LogP contribution in [0.25, 0.3) is 0 Å². The van der Waals surface area contributed by atoms with Crippen LogP contribution in [0, 0.1) is 12.8 Å². The zero-order chi connectivity index (χ0) is 11.7. The van der Waals surface area contributed by atoms with Crippen LogP contribution in [-0.4, -0.2) is 29.4 Å². The lowest BCUT2D eigenvalue weighted by molar-refractivity contribution is 0.654. The number of hydrogen-bond acceptors (Lipinski definition) is 3. The molecule has 4 nitrogen and oxygen atoms in total. The van der Waals surface area contributed by atoms with Crippen molar-refractivity contribution in [3.63, 3.8) is 0 Å². The number of rotatable bonds is 3. The van der Waals surface area contributed by atoms with Gasteiger partial charge in [-0.1, -0.05) is 6.92 Å². The minimum absolute atomic E-state index is 0.697. The Morgan fingerprint density at radius 2 is 2.25 bits per heavy atom. The van der Waals surface area contributed by atoms with E-state index in [0.29, 0.717) is 6.54 Å². The third-order valence-corrected chi connectivity index (χ3v) is 3.43. The van der Waals surface area contributed by atoms with Crippen molar-refractivity contribution in [3.05, 3.63) is 11.3 Å². The number of nitrogens with two attached hydrogens (primary N) is 1. The molecule has 16 heavy (non-hydrogen) atoms. The molecule has 0 aliphatic carbocycles. The molecule has 0 bridgehead atoms. The molecule has 0 spiro atoms. The van der Waals surface area contributed by atoms with Crippen molar-refractivity contribution in [2.45, 2.75) is 26.7 Å². The van der Waals surface area contributed by atoms with Crippen LogP contribution in [0.4, 0.5) is 5.82 Å². The van der Waals surface area contributed by atoms with Gasteiger partial charge in [0.2, 0.25) is 0 Å². The van der Waals surface area contributed by atoms with Gasteiger partial charge in [0, 0.05) is 25.7 Å². The quantitative estimate of drug-likeness (QED) is 0.832. The first-order valence-electron chi connectivity index (χ1n) is 6.11. The van der Waals surface area contributed by atoms with Gasteiger partial charge in [-0.25, -0.2) is 0 Å². The van der Waals surface area contributed by atoms with E-state index in [9.17, 15) is 0 Å². The summed E-state index contributed by atoms with van der Waals surface area (Å²) in [5, 5.41) is 4.52. The van der Waals surface area contributed by atoms with Crippen LogP contribution in [0.1, 0.15) is 24.6 Å². The maximum Gasteiger partial charge on any atom is 0.130 e. The van der Waals surface area contributed by atoms with Gasteiger partial charge in [0.1, 0.15) is 5.82 Å². The minimum atomic E-state index is 0.697. The van der Waals surface area contributed by atoms with Gasteiger partial charge >= 0.3 is 0 Å². The van der Waals surface area contributed by atoms with E-state index in [2.05, 4.69) is 23.8 Å². The van der Waals surface area contributed by atoms with E-state index in [1.54, 1.807) is 0 Å². The summed E-state index contributed by atoms with van der Waals surface area (Å²) in [5.74, 6) is 2.08. The molecule has 2 rings (SSSR count). The Labute approximate surface area is 97.4 Å². The second kappa shape index (κ2) is 4.45. The van der Waals surface area contributed by atoms with Gasteiger partial charge in [-0.2, -0.15) is 5.10 Å². The first-order chi connectivity index (χ1) is 7.63. The highest BCUT2D eigenvalue weighted by Crippen LogP contribution is 2.28. The monoisotopic (exact) mass is 222 g/mol. The van der Waals surface area contributed by atoms with Crippen molar-refractivity contribution < 1.29 is 0 Å². The summed E-state index contributed by atoms with van der Waals surface area (Å²) in [6.45, 7) is 7.39. The molecule has 4 heteroatoms. The standard InChI is InChI=1S/C12H22N4/c1-9-5-7-16(8-9)12-11(4-6-13)10(2)14-15(12)3/h9H,4-8,13H2,1-3H3. The Bertz CT molecular complexity index is 369. The Balaban J connectivity index is 2.31. The van der Waals surface area contributed by atoms with E-state index in [1.807, 2.05) is 11.7 Å². The minimum Gasteiger partial charge on any atom is -0.356 e. The Morgan fingerprint density at radius 1 is 1.50 bits per heavy atom. The molecule has 1 aliphatic rings. The molecule has 0 radical (unpaired) electrons. The summed E-state index contributed by atoms with van der Waals surface area (Å²) in [7, 11) is 2.03. The summed E-state index contributed by atoms with van der Waals surface area (Å²) in [6, 6.07) is 0. The van der Waals surface area contributed by atoms with Gasteiger partial charge in [-0.15, -0.1) is 0 Å². The third kappa shape index (κ3) is 1.94. The fourth-order valence-corrected chi connectivity index (χ4v) is 2.65. The predicted octanol–water partition coefficient (Wildman–Crippen LogP) is 1.08. The first kappa shape index (κ1) is 11.5. The molecule has 2 N–H and O–H groups in total. The third-order valence-electron chi connectivity index (χ3n) is 3.43. The molecule has 1 unspecified atom stereocenters. The van der Waals surface area contributed by atoms with Gasteiger partial charge in [-0.3, -0.25) is 4.68 Å². The molecule has 0 amide bonds. The number of anilines is 1. The normalized spacial score (nSPS) is 20.8. The molecular weight excluding hydrogens is 200 g/mol. The van der Waals surface area contributed by atoms with Crippen LogP contribution < -0.4 is 10.6 Å². The maximum atomic E-state index is 5.68. The van der Waals surface area contributed by atoms with E-state index in [-0.39, 0.29) is 0 Å². The topological polar surface area (TPSA) is 47.1 Å². The summed E-state index contributed by atoms with van der Waals surface area (Å²) < 4.78 is 2.01. The lowest BCUT2D eigenvalue weighted by Gasteiger charge is -2.20. The van der Waals surface area contributed by atoms with E-state index in [1.165, 1.54) is 17.8 Å². The van der Waals surface area contributed by atoms with Crippen LogP contribution >= 0.6 is 0 Å².